The van der Waals surface area contributed by atoms with Crippen LogP contribution in [0.1, 0.15) is 15.9 Å². The Labute approximate surface area is 148 Å². The van der Waals surface area contributed by atoms with Crippen LogP contribution in [0.5, 0.6) is 0 Å². The molecule has 0 aliphatic rings. The Balaban J connectivity index is 2.11. The third-order valence-electron chi connectivity index (χ3n) is 4.06. The van der Waals surface area contributed by atoms with Gasteiger partial charge in [-0.1, -0.05) is 24.3 Å². The molecular formula is C19H18F3N3O. The summed E-state index contributed by atoms with van der Waals surface area (Å²) >= 11 is 0. The van der Waals surface area contributed by atoms with E-state index in [9.17, 15) is 18.0 Å². The number of nitrogens with zero attached hydrogens (tertiary/aromatic N) is 2. The van der Waals surface area contributed by atoms with Crippen LogP contribution in [0.2, 0.25) is 0 Å². The number of amides is 1. The molecule has 136 valence electrons. The van der Waals surface area contributed by atoms with Crippen LogP contribution in [0.25, 0.3) is 21.8 Å². The number of pyridine rings is 1. The fourth-order valence-corrected chi connectivity index (χ4v) is 2.78. The van der Waals surface area contributed by atoms with E-state index in [0.29, 0.717) is 23.9 Å². The molecule has 0 saturated heterocycles. The maximum Gasteiger partial charge on any atom is 0.418 e. The molecule has 1 aromatic heterocycles. The number of fused-ring (bicyclic) bond motifs is 2. The minimum absolute atomic E-state index is 0.152. The van der Waals surface area contributed by atoms with Gasteiger partial charge in [0.05, 0.1) is 22.2 Å². The van der Waals surface area contributed by atoms with Gasteiger partial charge >= 0.3 is 6.18 Å². The van der Waals surface area contributed by atoms with Crippen molar-refractivity contribution in [3.63, 3.8) is 0 Å². The van der Waals surface area contributed by atoms with Crippen molar-refractivity contribution in [1.82, 2.24) is 15.2 Å². The SMILES string of the molecule is CN(C)CCNC(=O)c1cccc2cc3cccc(C(F)(F)F)c3nc12. The third kappa shape index (κ3) is 3.62. The molecule has 1 amide bonds. The van der Waals surface area contributed by atoms with Gasteiger partial charge in [0.1, 0.15) is 0 Å². The lowest BCUT2D eigenvalue weighted by atomic mass is 10.0. The van der Waals surface area contributed by atoms with Gasteiger partial charge in [-0.3, -0.25) is 4.79 Å². The average Bonchev–Trinajstić information content (AvgIpc) is 2.57. The van der Waals surface area contributed by atoms with Gasteiger partial charge in [0, 0.05) is 23.9 Å². The van der Waals surface area contributed by atoms with E-state index in [1.165, 1.54) is 6.07 Å². The van der Waals surface area contributed by atoms with E-state index in [1.807, 2.05) is 19.0 Å². The maximum atomic E-state index is 13.3. The summed E-state index contributed by atoms with van der Waals surface area (Å²) in [5.41, 5.74) is -0.431. The Hall–Kier alpha value is -2.67. The molecule has 1 N–H and O–H groups in total. The van der Waals surface area contributed by atoms with Crippen LogP contribution in [0.4, 0.5) is 13.2 Å². The van der Waals surface area contributed by atoms with Crippen molar-refractivity contribution in [3.8, 4) is 0 Å². The first-order valence-corrected chi connectivity index (χ1v) is 8.10. The number of alkyl halides is 3. The molecule has 7 heteroatoms. The molecule has 3 rings (SSSR count). The van der Waals surface area contributed by atoms with Crippen molar-refractivity contribution in [1.29, 1.82) is 0 Å². The Morgan fingerprint density at radius 3 is 2.38 bits per heavy atom. The molecule has 4 nitrogen and oxygen atoms in total. The zero-order valence-corrected chi connectivity index (χ0v) is 14.4. The summed E-state index contributed by atoms with van der Waals surface area (Å²) in [6.45, 7) is 1.09. The summed E-state index contributed by atoms with van der Waals surface area (Å²) < 4.78 is 39.9. The Morgan fingerprint density at radius 2 is 1.73 bits per heavy atom. The predicted molar refractivity (Wildman–Crippen MR) is 95.1 cm³/mol. The number of hydrogen-bond acceptors (Lipinski definition) is 3. The van der Waals surface area contributed by atoms with Gasteiger partial charge in [0.25, 0.3) is 5.91 Å². The number of aromatic nitrogens is 1. The molecule has 0 aliphatic carbocycles. The quantitative estimate of drug-likeness (QED) is 0.721. The van der Waals surface area contributed by atoms with E-state index >= 15 is 0 Å². The lowest BCUT2D eigenvalue weighted by Crippen LogP contribution is -2.31. The zero-order valence-electron chi connectivity index (χ0n) is 14.4. The molecule has 0 radical (unpaired) electrons. The van der Waals surface area contributed by atoms with Crippen molar-refractivity contribution in [2.24, 2.45) is 0 Å². The Kier molecular flexibility index (Phi) is 4.82. The number of benzene rings is 2. The molecule has 0 aliphatic heterocycles. The van der Waals surface area contributed by atoms with Crippen LogP contribution in [0.3, 0.4) is 0 Å². The van der Waals surface area contributed by atoms with Crippen molar-refractivity contribution in [3.05, 3.63) is 53.6 Å². The first-order valence-electron chi connectivity index (χ1n) is 8.10. The molecule has 3 aromatic rings. The second-order valence-electron chi connectivity index (χ2n) is 6.30. The number of halogens is 3. The predicted octanol–water partition coefficient (Wildman–Crippen LogP) is 3.70. The van der Waals surface area contributed by atoms with Gasteiger partial charge in [-0.25, -0.2) is 4.98 Å². The number of nitrogens with one attached hydrogen (secondary N) is 1. The minimum Gasteiger partial charge on any atom is -0.351 e. The van der Waals surface area contributed by atoms with Crippen LogP contribution in [0.15, 0.2) is 42.5 Å². The standard InChI is InChI=1S/C19H18F3N3O/c1-25(2)10-9-23-18(26)14-7-3-5-12-11-13-6-4-8-15(19(20,21)22)17(13)24-16(12)14/h3-8,11H,9-10H2,1-2H3,(H,23,26). The van der Waals surface area contributed by atoms with Gasteiger partial charge in [-0.2, -0.15) is 13.2 Å². The highest BCUT2D eigenvalue weighted by Gasteiger charge is 2.33. The number of carbonyl (C=O) groups is 1. The molecular weight excluding hydrogens is 343 g/mol. The van der Waals surface area contributed by atoms with Gasteiger partial charge in [-0.05, 0) is 32.3 Å². The van der Waals surface area contributed by atoms with Gasteiger partial charge in [0.15, 0.2) is 0 Å². The van der Waals surface area contributed by atoms with Crippen LogP contribution < -0.4 is 5.32 Å². The fraction of sp³-hybridized carbons (Fsp3) is 0.263. The highest BCUT2D eigenvalue weighted by Crippen LogP contribution is 2.35. The van der Waals surface area contributed by atoms with Gasteiger partial charge in [0.2, 0.25) is 0 Å². The zero-order chi connectivity index (χ0) is 18.9. The molecule has 0 atom stereocenters. The second-order valence-corrected chi connectivity index (χ2v) is 6.30. The number of likely N-dealkylation sites (N-methyl/N-ethyl adjacent to an activating group) is 1. The lowest BCUT2D eigenvalue weighted by molar-refractivity contribution is -0.136. The van der Waals surface area contributed by atoms with Crippen molar-refractivity contribution < 1.29 is 18.0 Å². The summed E-state index contributed by atoms with van der Waals surface area (Å²) in [6.07, 6.45) is -4.51. The molecule has 0 unspecified atom stereocenters. The molecule has 2 aromatic carbocycles. The summed E-state index contributed by atoms with van der Waals surface area (Å²) in [4.78, 5) is 18.6. The van der Waals surface area contributed by atoms with E-state index in [0.717, 1.165) is 6.07 Å². The van der Waals surface area contributed by atoms with E-state index in [2.05, 4.69) is 10.3 Å². The van der Waals surface area contributed by atoms with Crippen LogP contribution in [-0.4, -0.2) is 43.0 Å². The van der Waals surface area contributed by atoms with Crippen molar-refractivity contribution >= 4 is 27.7 Å². The largest absolute Gasteiger partial charge is 0.418 e. The maximum absolute atomic E-state index is 13.3. The second kappa shape index (κ2) is 6.92. The molecule has 0 bridgehead atoms. The number of para-hydroxylation sites is 2. The molecule has 0 fully saturated rings. The summed E-state index contributed by atoms with van der Waals surface area (Å²) in [5, 5.41) is 3.78. The number of carbonyl (C=O) groups excluding carboxylic acids is 1. The van der Waals surface area contributed by atoms with E-state index in [4.69, 9.17) is 0 Å². The Morgan fingerprint density at radius 1 is 1.08 bits per heavy atom. The minimum atomic E-state index is -4.51. The highest BCUT2D eigenvalue weighted by molar-refractivity contribution is 6.08. The third-order valence-corrected chi connectivity index (χ3v) is 4.06. The van der Waals surface area contributed by atoms with Crippen LogP contribution in [0, 0.1) is 0 Å². The molecule has 26 heavy (non-hydrogen) atoms. The summed E-state index contributed by atoms with van der Waals surface area (Å²) in [6, 6.07) is 10.6. The van der Waals surface area contributed by atoms with Crippen LogP contribution in [-0.2, 0) is 6.18 Å². The van der Waals surface area contributed by atoms with E-state index < -0.39 is 11.7 Å². The van der Waals surface area contributed by atoms with Gasteiger partial charge < -0.3 is 10.2 Å². The number of rotatable bonds is 4. The first kappa shape index (κ1) is 18.1. The van der Waals surface area contributed by atoms with E-state index in [1.54, 1.807) is 30.3 Å². The monoisotopic (exact) mass is 361 g/mol. The van der Waals surface area contributed by atoms with Crippen molar-refractivity contribution in [2.75, 3.05) is 27.2 Å². The topological polar surface area (TPSA) is 45.2 Å². The Bertz CT molecular complexity index is 967. The van der Waals surface area contributed by atoms with E-state index in [-0.39, 0.29) is 22.5 Å². The number of hydrogen-bond donors (Lipinski definition) is 1. The molecule has 1 heterocycles. The molecule has 0 saturated carbocycles. The lowest BCUT2D eigenvalue weighted by Gasteiger charge is -2.13. The van der Waals surface area contributed by atoms with Gasteiger partial charge in [-0.15, -0.1) is 0 Å². The average molecular weight is 361 g/mol. The molecule has 0 spiro atoms. The normalized spacial score (nSPS) is 12.1. The van der Waals surface area contributed by atoms with Crippen molar-refractivity contribution in [2.45, 2.75) is 6.18 Å². The first-order chi connectivity index (χ1) is 12.3. The van der Waals surface area contributed by atoms with Crippen LogP contribution >= 0.6 is 0 Å². The summed E-state index contributed by atoms with van der Waals surface area (Å²) in [5.74, 6) is -0.353. The smallest absolute Gasteiger partial charge is 0.351 e. The summed E-state index contributed by atoms with van der Waals surface area (Å²) in [7, 11) is 3.77. The fourth-order valence-electron chi connectivity index (χ4n) is 2.78. The highest BCUT2D eigenvalue weighted by atomic mass is 19.4.